The predicted octanol–water partition coefficient (Wildman–Crippen LogP) is 4.71. The Balaban J connectivity index is 3.60. The molecule has 0 unspecified atom stereocenters. The minimum Gasteiger partial charge on any atom is -0.347 e. The molecule has 0 fully saturated rings. The van der Waals surface area contributed by atoms with E-state index in [-0.39, 0.29) is 0 Å². The lowest BCUT2D eigenvalue weighted by molar-refractivity contribution is -0.296. The van der Waals surface area contributed by atoms with E-state index in [0.717, 1.165) is 36.6 Å². The number of hydrogen-bond donors (Lipinski definition) is 2. The van der Waals surface area contributed by atoms with Crippen molar-refractivity contribution in [1.29, 1.82) is 0 Å². The van der Waals surface area contributed by atoms with Crippen molar-refractivity contribution in [2.45, 2.75) is 38.0 Å². The molecular formula is C14H13F9N2O. The first-order chi connectivity index (χ1) is 11.5. The first-order valence-corrected chi connectivity index (χ1v) is 6.93. The van der Waals surface area contributed by atoms with Crippen molar-refractivity contribution in [3.63, 3.8) is 0 Å². The van der Waals surface area contributed by atoms with Crippen LogP contribution in [0.1, 0.15) is 19.4 Å². The van der Waals surface area contributed by atoms with Crippen molar-refractivity contribution in [3.8, 4) is 0 Å². The van der Waals surface area contributed by atoms with E-state index in [2.05, 4.69) is 0 Å². The fourth-order valence-corrected chi connectivity index (χ4v) is 1.85. The molecule has 1 rings (SSSR count). The maximum Gasteiger partial charge on any atom is 0.439 e. The number of benzene rings is 1. The summed E-state index contributed by atoms with van der Waals surface area (Å²) < 4.78 is 119. The second-order valence-electron chi connectivity index (χ2n) is 5.56. The zero-order chi connectivity index (χ0) is 20.6. The molecule has 0 aliphatic heterocycles. The van der Waals surface area contributed by atoms with Gasteiger partial charge in [0.2, 0.25) is 5.91 Å². The summed E-state index contributed by atoms with van der Waals surface area (Å²) in [6, 6.07) is 2.32. The van der Waals surface area contributed by atoms with E-state index in [1.807, 2.05) is 0 Å². The third-order valence-electron chi connectivity index (χ3n) is 3.24. The number of carbonyl (C=O) groups is 1. The average Bonchev–Trinajstić information content (AvgIpc) is 2.43. The number of alkyl halides is 9. The van der Waals surface area contributed by atoms with Gasteiger partial charge in [0.05, 0.1) is 5.56 Å². The van der Waals surface area contributed by atoms with E-state index >= 15 is 0 Å². The van der Waals surface area contributed by atoms with Crippen LogP contribution in [-0.2, 0) is 11.0 Å². The smallest absolute Gasteiger partial charge is 0.347 e. The molecular weight excluding hydrogens is 383 g/mol. The van der Waals surface area contributed by atoms with Gasteiger partial charge in [0.15, 0.2) is 0 Å². The maximum atomic E-state index is 13.3. The number of rotatable bonds is 4. The number of carbonyl (C=O) groups excluding carboxylic acids is 1. The first kappa shape index (κ1) is 21.9. The van der Waals surface area contributed by atoms with Gasteiger partial charge in [-0.1, -0.05) is 26.0 Å². The molecule has 148 valence electrons. The van der Waals surface area contributed by atoms with Gasteiger partial charge in [-0.2, -0.15) is 39.5 Å². The van der Waals surface area contributed by atoms with Crippen LogP contribution < -0.4 is 10.6 Å². The molecule has 0 radical (unpaired) electrons. The summed E-state index contributed by atoms with van der Waals surface area (Å²) in [5, 5.41) is 1.60. The molecule has 0 aromatic heterocycles. The highest BCUT2D eigenvalue weighted by molar-refractivity contribution is 5.79. The topological polar surface area (TPSA) is 41.1 Å². The summed E-state index contributed by atoms with van der Waals surface area (Å²) in [5.74, 6) is -2.95. The molecule has 0 saturated carbocycles. The summed E-state index contributed by atoms with van der Waals surface area (Å²) >= 11 is 0. The molecule has 0 heterocycles. The minimum absolute atomic E-state index is 0.310. The summed E-state index contributed by atoms with van der Waals surface area (Å²) in [4.78, 5) is 11.6. The summed E-state index contributed by atoms with van der Waals surface area (Å²) in [6.07, 6.45) is -17.6. The summed E-state index contributed by atoms with van der Waals surface area (Å²) in [7, 11) is 0. The lowest BCUT2D eigenvalue weighted by Gasteiger charge is -2.39. The fourth-order valence-electron chi connectivity index (χ4n) is 1.85. The molecule has 12 heteroatoms. The quantitative estimate of drug-likeness (QED) is 0.572. The molecule has 0 spiro atoms. The first-order valence-electron chi connectivity index (χ1n) is 6.93. The second kappa shape index (κ2) is 6.88. The van der Waals surface area contributed by atoms with Gasteiger partial charge in [-0.05, 0) is 12.1 Å². The SMILES string of the molecule is CC(C)C(=O)NC(Nc1ccccc1C(F)(F)F)(C(F)(F)F)C(F)(F)F. The molecule has 1 aromatic carbocycles. The third-order valence-corrected chi connectivity index (χ3v) is 3.24. The summed E-state index contributed by atoms with van der Waals surface area (Å²) in [5.41, 5.74) is -8.35. The van der Waals surface area contributed by atoms with Crippen molar-refractivity contribution >= 4 is 11.6 Å². The van der Waals surface area contributed by atoms with Gasteiger partial charge in [-0.3, -0.25) is 4.79 Å². The van der Waals surface area contributed by atoms with Crippen LogP contribution in [0.4, 0.5) is 45.2 Å². The number of amides is 1. The van der Waals surface area contributed by atoms with Gasteiger partial charge in [-0.25, -0.2) is 0 Å². The van der Waals surface area contributed by atoms with Crippen LogP contribution in [0.5, 0.6) is 0 Å². The lowest BCUT2D eigenvalue weighted by Crippen LogP contribution is -2.72. The molecule has 0 aliphatic carbocycles. The lowest BCUT2D eigenvalue weighted by atomic mass is 10.0. The average molecular weight is 396 g/mol. The number of hydrogen-bond acceptors (Lipinski definition) is 2. The molecule has 3 nitrogen and oxygen atoms in total. The van der Waals surface area contributed by atoms with Crippen molar-refractivity contribution in [1.82, 2.24) is 5.32 Å². The van der Waals surface area contributed by atoms with E-state index < -0.39 is 47.3 Å². The van der Waals surface area contributed by atoms with E-state index in [9.17, 15) is 44.3 Å². The van der Waals surface area contributed by atoms with Crippen LogP contribution in [0.25, 0.3) is 0 Å². The van der Waals surface area contributed by atoms with E-state index in [1.54, 1.807) is 0 Å². The van der Waals surface area contributed by atoms with Gasteiger partial charge in [0.1, 0.15) is 0 Å². The molecule has 1 amide bonds. The Bertz CT molecular complexity index is 633. The summed E-state index contributed by atoms with van der Waals surface area (Å²) in [6.45, 7) is 2.05. The number of para-hydroxylation sites is 1. The van der Waals surface area contributed by atoms with Gasteiger partial charge in [0.25, 0.3) is 0 Å². The largest absolute Gasteiger partial charge is 0.439 e. The van der Waals surface area contributed by atoms with Crippen LogP contribution in [0.15, 0.2) is 24.3 Å². The predicted molar refractivity (Wildman–Crippen MR) is 72.9 cm³/mol. The van der Waals surface area contributed by atoms with E-state index in [1.165, 1.54) is 0 Å². The highest BCUT2D eigenvalue weighted by Crippen LogP contribution is 2.45. The van der Waals surface area contributed by atoms with Crippen molar-refractivity contribution < 1.29 is 44.3 Å². The molecule has 2 N–H and O–H groups in total. The number of halogens is 9. The number of nitrogens with one attached hydrogen (secondary N) is 2. The molecule has 26 heavy (non-hydrogen) atoms. The molecule has 0 aliphatic rings. The maximum absolute atomic E-state index is 13.3. The highest BCUT2D eigenvalue weighted by atomic mass is 19.4. The second-order valence-corrected chi connectivity index (χ2v) is 5.56. The van der Waals surface area contributed by atoms with Gasteiger partial charge in [0, 0.05) is 11.6 Å². The standard InChI is InChI=1S/C14H13F9N2O/c1-7(2)10(26)25-12(13(18,19)20,14(21,22)23)24-9-6-4-3-5-8(9)11(15,16)17/h3-7,24H,1-2H3,(H,25,26). The van der Waals surface area contributed by atoms with Gasteiger partial charge in [-0.15, -0.1) is 0 Å². The van der Waals surface area contributed by atoms with Crippen LogP contribution >= 0.6 is 0 Å². The Kier molecular flexibility index (Phi) is 5.79. The Labute approximate surface area is 141 Å². The highest BCUT2D eigenvalue weighted by Gasteiger charge is 2.73. The van der Waals surface area contributed by atoms with Crippen LogP contribution in [0, 0.1) is 5.92 Å². The van der Waals surface area contributed by atoms with Gasteiger partial charge >= 0.3 is 24.2 Å². The molecule has 0 saturated heterocycles. The third kappa shape index (κ3) is 4.33. The van der Waals surface area contributed by atoms with Gasteiger partial charge < -0.3 is 10.6 Å². The van der Waals surface area contributed by atoms with Crippen LogP contribution in [-0.4, -0.2) is 23.9 Å². The minimum atomic E-state index is -6.20. The van der Waals surface area contributed by atoms with Crippen LogP contribution in [0.3, 0.4) is 0 Å². The Morgan fingerprint density at radius 3 is 1.73 bits per heavy atom. The van der Waals surface area contributed by atoms with E-state index in [4.69, 9.17) is 0 Å². The normalized spacial score (nSPS) is 13.7. The van der Waals surface area contributed by atoms with Crippen molar-refractivity contribution in [3.05, 3.63) is 29.8 Å². The molecule has 0 bridgehead atoms. The van der Waals surface area contributed by atoms with Crippen molar-refractivity contribution in [2.75, 3.05) is 5.32 Å². The fraction of sp³-hybridized carbons (Fsp3) is 0.500. The molecule has 1 aromatic rings. The van der Waals surface area contributed by atoms with Crippen LogP contribution in [0.2, 0.25) is 0 Å². The molecule has 0 atom stereocenters. The van der Waals surface area contributed by atoms with Crippen molar-refractivity contribution in [2.24, 2.45) is 5.92 Å². The Hall–Kier alpha value is -2.14. The number of anilines is 1. The van der Waals surface area contributed by atoms with E-state index in [0.29, 0.717) is 12.1 Å². The monoisotopic (exact) mass is 396 g/mol. The Morgan fingerprint density at radius 2 is 1.35 bits per heavy atom. The zero-order valence-corrected chi connectivity index (χ0v) is 13.2. The zero-order valence-electron chi connectivity index (χ0n) is 13.2. The Morgan fingerprint density at radius 1 is 0.885 bits per heavy atom.